The maximum Gasteiger partial charge on any atom is 0.315 e. The third-order valence-corrected chi connectivity index (χ3v) is 4.04. The predicted octanol–water partition coefficient (Wildman–Crippen LogP) is 2.62. The van der Waals surface area contributed by atoms with E-state index in [1.807, 2.05) is 0 Å². The molecular weight excluding hydrogens is 208 g/mol. The zero-order valence-corrected chi connectivity index (χ0v) is 11.2. The van der Waals surface area contributed by atoms with E-state index in [4.69, 9.17) is 9.84 Å². The molecule has 0 aromatic carbocycles. The zero-order valence-electron chi connectivity index (χ0n) is 10.2. The summed E-state index contributed by atoms with van der Waals surface area (Å²) >= 11 is 0. The number of rotatable bonds is 7. The average molecular weight is 230 g/mol. The van der Waals surface area contributed by atoms with E-state index in [2.05, 4.69) is 26.2 Å². The van der Waals surface area contributed by atoms with Gasteiger partial charge in [0.05, 0.1) is 6.61 Å². The van der Waals surface area contributed by atoms with Gasteiger partial charge >= 0.3 is 5.97 Å². The van der Waals surface area contributed by atoms with Gasteiger partial charge in [-0.25, -0.2) is 0 Å². The fourth-order valence-corrected chi connectivity index (χ4v) is 1.63. The molecule has 0 fully saturated rings. The van der Waals surface area contributed by atoms with Gasteiger partial charge in [0.25, 0.3) is 0 Å². The van der Waals surface area contributed by atoms with Gasteiger partial charge in [0.15, 0.2) is 0 Å². The molecule has 0 saturated carbocycles. The van der Waals surface area contributed by atoms with E-state index in [1.165, 1.54) is 6.08 Å². The Morgan fingerprint density at radius 1 is 1.53 bits per heavy atom. The minimum absolute atomic E-state index is 0.205. The van der Waals surface area contributed by atoms with Crippen LogP contribution in [0.15, 0.2) is 12.7 Å². The van der Waals surface area contributed by atoms with Crippen molar-refractivity contribution < 1.29 is 14.6 Å². The summed E-state index contributed by atoms with van der Waals surface area (Å²) in [5, 5.41) is 8.95. The lowest BCUT2D eigenvalue weighted by atomic mass is 9.92. The Labute approximate surface area is 93.1 Å². The SMILES string of the molecule is C=C[C@@](C)(COCC[Si](C)(C)C)C(=O)O. The van der Waals surface area contributed by atoms with Gasteiger partial charge in [-0.3, -0.25) is 4.79 Å². The molecule has 3 nitrogen and oxygen atoms in total. The standard InChI is InChI=1S/C11H22O3Si/c1-6-11(2,10(12)13)9-14-7-8-15(3,4)5/h6H,1,7-9H2,2-5H3,(H,12,13)/t11-/m0/s1. The van der Waals surface area contributed by atoms with Crippen LogP contribution in [0.4, 0.5) is 0 Å². The maximum atomic E-state index is 10.9. The van der Waals surface area contributed by atoms with Gasteiger partial charge in [-0.2, -0.15) is 0 Å². The molecule has 0 aliphatic carbocycles. The molecule has 0 unspecified atom stereocenters. The summed E-state index contributed by atoms with van der Waals surface area (Å²) in [6.45, 7) is 12.8. The van der Waals surface area contributed by atoms with Gasteiger partial charge in [-0.1, -0.05) is 25.7 Å². The quantitative estimate of drug-likeness (QED) is 0.415. The summed E-state index contributed by atoms with van der Waals surface area (Å²) in [4.78, 5) is 10.9. The van der Waals surface area contributed by atoms with Crippen molar-refractivity contribution in [2.75, 3.05) is 13.2 Å². The highest BCUT2D eigenvalue weighted by atomic mass is 28.3. The van der Waals surface area contributed by atoms with Crippen molar-refractivity contribution in [1.29, 1.82) is 0 Å². The van der Waals surface area contributed by atoms with E-state index < -0.39 is 19.5 Å². The van der Waals surface area contributed by atoms with E-state index in [1.54, 1.807) is 6.92 Å². The molecule has 0 bridgehead atoms. The van der Waals surface area contributed by atoms with Crippen LogP contribution in [0.5, 0.6) is 0 Å². The van der Waals surface area contributed by atoms with Gasteiger partial charge < -0.3 is 9.84 Å². The van der Waals surface area contributed by atoms with Crippen LogP contribution in [0.1, 0.15) is 6.92 Å². The maximum absolute atomic E-state index is 10.9. The topological polar surface area (TPSA) is 46.5 Å². The number of hydrogen-bond donors (Lipinski definition) is 1. The lowest BCUT2D eigenvalue weighted by Gasteiger charge is -2.21. The van der Waals surface area contributed by atoms with E-state index in [0.717, 1.165) is 6.04 Å². The second kappa shape index (κ2) is 5.46. The highest BCUT2D eigenvalue weighted by Crippen LogP contribution is 2.19. The third-order valence-electron chi connectivity index (χ3n) is 2.34. The Bertz CT molecular complexity index is 232. The largest absolute Gasteiger partial charge is 0.481 e. The van der Waals surface area contributed by atoms with E-state index in [9.17, 15) is 4.79 Å². The molecule has 15 heavy (non-hydrogen) atoms. The van der Waals surface area contributed by atoms with Crippen molar-refractivity contribution in [2.45, 2.75) is 32.6 Å². The molecular formula is C11H22O3Si. The van der Waals surface area contributed by atoms with Crippen LogP contribution >= 0.6 is 0 Å². The summed E-state index contributed by atoms with van der Waals surface area (Å²) < 4.78 is 5.41. The van der Waals surface area contributed by atoms with Gasteiger partial charge in [0.2, 0.25) is 0 Å². The van der Waals surface area contributed by atoms with Crippen LogP contribution in [-0.4, -0.2) is 32.4 Å². The molecule has 1 atom stereocenters. The van der Waals surface area contributed by atoms with Crippen LogP contribution in [0.2, 0.25) is 25.7 Å². The Morgan fingerprint density at radius 2 is 2.07 bits per heavy atom. The number of aliphatic carboxylic acids is 1. The smallest absolute Gasteiger partial charge is 0.315 e. The highest BCUT2D eigenvalue weighted by Gasteiger charge is 2.29. The summed E-state index contributed by atoms with van der Waals surface area (Å²) in [5.74, 6) is -0.884. The molecule has 0 aliphatic heterocycles. The average Bonchev–Trinajstić information content (AvgIpc) is 2.10. The molecule has 0 aromatic heterocycles. The minimum Gasteiger partial charge on any atom is -0.481 e. The molecule has 0 rings (SSSR count). The van der Waals surface area contributed by atoms with Gasteiger partial charge in [0, 0.05) is 14.7 Å². The van der Waals surface area contributed by atoms with Gasteiger partial charge in [0.1, 0.15) is 5.41 Å². The van der Waals surface area contributed by atoms with E-state index in [0.29, 0.717) is 6.61 Å². The zero-order chi connectivity index (χ0) is 12.1. The van der Waals surface area contributed by atoms with Crippen molar-refractivity contribution in [1.82, 2.24) is 0 Å². The minimum atomic E-state index is -1.09. The number of carbonyl (C=O) groups is 1. The molecule has 0 heterocycles. The lowest BCUT2D eigenvalue weighted by molar-refractivity contribution is -0.148. The Hall–Kier alpha value is -0.613. The van der Waals surface area contributed by atoms with E-state index in [-0.39, 0.29) is 6.61 Å². The first-order valence-corrected chi connectivity index (χ1v) is 8.87. The second-order valence-corrected chi connectivity index (χ2v) is 10.9. The van der Waals surface area contributed by atoms with Crippen molar-refractivity contribution in [3.8, 4) is 0 Å². The number of ether oxygens (including phenoxy) is 1. The second-order valence-electron chi connectivity index (χ2n) is 5.29. The molecule has 0 spiro atoms. The Morgan fingerprint density at radius 3 is 2.40 bits per heavy atom. The van der Waals surface area contributed by atoms with Crippen LogP contribution in [0.25, 0.3) is 0 Å². The molecule has 0 amide bonds. The monoisotopic (exact) mass is 230 g/mol. The summed E-state index contributed by atoms with van der Waals surface area (Å²) in [6, 6.07) is 1.06. The first-order valence-electron chi connectivity index (χ1n) is 5.16. The first kappa shape index (κ1) is 14.4. The van der Waals surface area contributed by atoms with Crippen molar-refractivity contribution in [3.05, 3.63) is 12.7 Å². The molecule has 88 valence electrons. The fraction of sp³-hybridized carbons (Fsp3) is 0.727. The van der Waals surface area contributed by atoms with Crippen molar-refractivity contribution in [2.24, 2.45) is 5.41 Å². The van der Waals surface area contributed by atoms with Crippen LogP contribution in [-0.2, 0) is 9.53 Å². The van der Waals surface area contributed by atoms with Crippen LogP contribution in [0, 0.1) is 5.41 Å². The molecule has 4 heteroatoms. The number of hydrogen-bond acceptors (Lipinski definition) is 2. The normalized spacial score (nSPS) is 15.7. The molecule has 0 aliphatic rings. The van der Waals surface area contributed by atoms with Crippen LogP contribution in [0.3, 0.4) is 0 Å². The van der Waals surface area contributed by atoms with Crippen molar-refractivity contribution >= 4 is 14.0 Å². The van der Waals surface area contributed by atoms with Gasteiger partial charge in [-0.05, 0) is 13.0 Å². The predicted molar refractivity (Wildman–Crippen MR) is 64.9 cm³/mol. The molecule has 1 N–H and O–H groups in total. The molecule has 0 radical (unpaired) electrons. The number of carboxylic acid groups (broad SMARTS) is 1. The summed E-state index contributed by atoms with van der Waals surface area (Å²) in [5.41, 5.74) is -0.959. The van der Waals surface area contributed by atoms with Gasteiger partial charge in [-0.15, -0.1) is 6.58 Å². The summed E-state index contributed by atoms with van der Waals surface area (Å²) in [7, 11) is -1.09. The molecule has 0 saturated heterocycles. The molecule has 0 aromatic rings. The summed E-state index contributed by atoms with van der Waals surface area (Å²) in [6.07, 6.45) is 1.43. The fourth-order valence-electron chi connectivity index (χ4n) is 0.871. The van der Waals surface area contributed by atoms with E-state index >= 15 is 0 Å². The Kier molecular flexibility index (Phi) is 5.24. The van der Waals surface area contributed by atoms with Crippen LogP contribution < -0.4 is 0 Å². The lowest BCUT2D eigenvalue weighted by Crippen LogP contribution is -2.31. The van der Waals surface area contributed by atoms with Crippen molar-refractivity contribution in [3.63, 3.8) is 0 Å². The third kappa shape index (κ3) is 5.74. The number of carboxylic acids is 1. The Balaban J connectivity index is 3.94. The highest BCUT2D eigenvalue weighted by molar-refractivity contribution is 6.76. The first-order chi connectivity index (χ1) is 6.71.